The molecule has 0 bridgehead atoms. The minimum atomic E-state index is 0.0487. The lowest BCUT2D eigenvalue weighted by Crippen LogP contribution is -2.28. The third-order valence-electron chi connectivity index (χ3n) is 6.52. The molecule has 1 unspecified atom stereocenters. The number of aromatic nitrogens is 2. The zero-order valence-electron chi connectivity index (χ0n) is 19.8. The van der Waals surface area contributed by atoms with Crippen LogP contribution in [0, 0.1) is 6.92 Å². The van der Waals surface area contributed by atoms with E-state index in [1.165, 1.54) is 11.1 Å². The fourth-order valence-electron chi connectivity index (χ4n) is 4.22. The summed E-state index contributed by atoms with van der Waals surface area (Å²) in [5.74, 6) is 1.62. The number of nitrogens with one attached hydrogen (secondary N) is 1. The van der Waals surface area contributed by atoms with Gasteiger partial charge in [-0.25, -0.2) is 4.98 Å². The van der Waals surface area contributed by atoms with Crippen molar-refractivity contribution in [1.29, 1.82) is 0 Å². The van der Waals surface area contributed by atoms with Crippen molar-refractivity contribution in [3.05, 3.63) is 101 Å². The van der Waals surface area contributed by atoms with Crippen LogP contribution in [-0.2, 0) is 24.2 Å². The van der Waals surface area contributed by atoms with Crippen molar-refractivity contribution in [2.75, 3.05) is 6.54 Å². The lowest BCUT2D eigenvalue weighted by Gasteiger charge is -2.13. The number of rotatable bonds is 9. The SMILES string of the molecule is CCC(C)c1ccc(Cn2c(CCNC(=O)Cc3ccccc3C)nc3ccccc32)cc1. The maximum Gasteiger partial charge on any atom is 0.224 e. The molecule has 0 aliphatic rings. The number of fused-ring (bicyclic) bond motifs is 1. The Labute approximate surface area is 196 Å². The molecule has 4 heteroatoms. The van der Waals surface area contributed by atoms with E-state index < -0.39 is 0 Å². The Kier molecular flexibility index (Phi) is 7.23. The minimum Gasteiger partial charge on any atom is -0.355 e. The van der Waals surface area contributed by atoms with Crippen LogP contribution < -0.4 is 5.32 Å². The van der Waals surface area contributed by atoms with E-state index in [0.717, 1.165) is 41.0 Å². The fraction of sp³-hybridized carbons (Fsp3) is 0.310. The van der Waals surface area contributed by atoms with Gasteiger partial charge in [0.1, 0.15) is 5.82 Å². The van der Waals surface area contributed by atoms with Crippen LogP contribution in [0.4, 0.5) is 0 Å². The highest BCUT2D eigenvalue weighted by atomic mass is 16.1. The van der Waals surface area contributed by atoms with Crippen LogP contribution >= 0.6 is 0 Å². The van der Waals surface area contributed by atoms with Crippen LogP contribution in [0.2, 0.25) is 0 Å². The fourth-order valence-corrected chi connectivity index (χ4v) is 4.22. The summed E-state index contributed by atoms with van der Waals surface area (Å²) in [6.07, 6.45) is 2.25. The van der Waals surface area contributed by atoms with Crippen molar-refractivity contribution in [2.45, 2.75) is 52.5 Å². The van der Waals surface area contributed by atoms with Crippen molar-refractivity contribution in [2.24, 2.45) is 0 Å². The van der Waals surface area contributed by atoms with Crippen LogP contribution in [0.1, 0.15) is 54.3 Å². The van der Waals surface area contributed by atoms with E-state index in [0.29, 0.717) is 25.3 Å². The highest BCUT2D eigenvalue weighted by Crippen LogP contribution is 2.21. The molecule has 1 aromatic heterocycles. The van der Waals surface area contributed by atoms with Gasteiger partial charge in [0.2, 0.25) is 5.91 Å². The summed E-state index contributed by atoms with van der Waals surface area (Å²) in [5, 5.41) is 3.08. The van der Waals surface area contributed by atoms with Crippen LogP contribution in [0.5, 0.6) is 0 Å². The molecular weight excluding hydrogens is 406 g/mol. The molecule has 0 radical (unpaired) electrons. The average molecular weight is 440 g/mol. The van der Waals surface area contributed by atoms with Gasteiger partial charge in [0, 0.05) is 19.5 Å². The van der Waals surface area contributed by atoms with Gasteiger partial charge in [-0.2, -0.15) is 0 Å². The van der Waals surface area contributed by atoms with E-state index in [9.17, 15) is 4.79 Å². The second kappa shape index (κ2) is 10.5. The number of aryl methyl sites for hydroxylation is 1. The first-order chi connectivity index (χ1) is 16.0. The van der Waals surface area contributed by atoms with E-state index in [2.05, 4.69) is 66.2 Å². The molecule has 1 amide bonds. The van der Waals surface area contributed by atoms with Gasteiger partial charge in [-0.3, -0.25) is 4.79 Å². The molecule has 0 fully saturated rings. The first-order valence-electron chi connectivity index (χ1n) is 11.9. The minimum absolute atomic E-state index is 0.0487. The molecule has 4 aromatic rings. The summed E-state index contributed by atoms with van der Waals surface area (Å²) in [5.41, 5.74) is 6.99. The second-order valence-corrected chi connectivity index (χ2v) is 8.86. The Morgan fingerprint density at radius 2 is 1.73 bits per heavy atom. The Hall–Kier alpha value is -3.40. The number of hydrogen-bond donors (Lipinski definition) is 1. The number of para-hydroxylation sites is 2. The van der Waals surface area contributed by atoms with Crippen LogP contribution in [-0.4, -0.2) is 22.0 Å². The molecule has 3 aromatic carbocycles. The molecule has 1 heterocycles. The topological polar surface area (TPSA) is 46.9 Å². The first-order valence-corrected chi connectivity index (χ1v) is 11.9. The molecule has 0 aliphatic carbocycles. The highest BCUT2D eigenvalue weighted by molar-refractivity contribution is 5.79. The predicted molar refractivity (Wildman–Crippen MR) is 136 cm³/mol. The van der Waals surface area contributed by atoms with Gasteiger partial charge in [0.25, 0.3) is 0 Å². The molecule has 0 saturated heterocycles. The third-order valence-corrected chi connectivity index (χ3v) is 6.52. The predicted octanol–water partition coefficient (Wildman–Crippen LogP) is 5.81. The Morgan fingerprint density at radius 1 is 1.00 bits per heavy atom. The zero-order chi connectivity index (χ0) is 23.2. The number of carbonyl (C=O) groups is 1. The highest BCUT2D eigenvalue weighted by Gasteiger charge is 2.12. The van der Waals surface area contributed by atoms with E-state index in [1.54, 1.807) is 0 Å². The maximum absolute atomic E-state index is 12.5. The molecule has 170 valence electrons. The Balaban J connectivity index is 1.46. The summed E-state index contributed by atoms with van der Waals surface area (Å²) < 4.78 is 2.28. The normalized spacial score (nSPS) is 12.1. The van der Waals surface area contributed by atoms with Crippen molar-refractivity contribution in [1.82, 2.24) is 14.9 Å². The van der Waals surface area contributed by atoms with E-state index in [-0.39, 0.29) is 5.91 Å². The number of benzene rings is 3. The second-order valence-electron chi connectivity index (χ2n) is 8.86. The van der Waals surface area contributed by atoms with E-state index >= 15 is 0 Å². The van der Waals surface area contributed by atoms with Gasteiger partial charge >= 0.3 is 0 Å². The van der Waals surface area contributed by atoms with Crippen LogP contribution in [0.25, 0.3) is 11.0 Å². The molecule has 33 heavy (non-hydrogen) atoms. The molecule has 0 saturated carbocycles. The lowest BCUT2D eigenvalue weighted by molar-refractivity contribution is -0.120. The largest absolute Gasteiger partial charge is 0.355 e. The molecule has 0 spiro atoms. The van der Waals surface area contributed by atoms with Gasteiger partial charge in [0.15, 0.2) is 0 Å². The third kappa shape index (κ3) is 5.51. The Bertz CT molecular complexity index is 1220. The zero-order valence-corrected chi connectivity index (χ0v) is 19.8. The van der Waals surface area contributed by atoms with Crippen LogP contribution in [0.15, 0.2) is 72.8 Å². The average Bonchev–Trinajstić information content (AvgIpc) is 3.17. The molecule has 4 rings (SSSR count). The lowest BCUT2D eigenvalue weighted by atomic mass is 9.97. The van der Waals surface area contributed by atoms with Gasteiger partial charge in [-0.05, 0) is 53.6 Å². The van der Waals surface area contributed by atoms with Crippen molar-refractivity contribution >= 4 is 16.9 Å². The molecule has 1 atom stereocenters. The van der Waals surface area contributed by atoms with E-state index in [4.69, 9.17) is 4.98 Å². The number of nitrogens with zero attached hydrogens (tertiary/aromatic N) is 2. The quantitative estimate of drug-likeness (QED) is 0.358. The van der Waals surface area contributed by atoms with Gasteiger partial charge in [-0.15, -0.1) is 0 Å². The number of hydrogen-bond acceptors (Lipinski definition) is 2. The van der Waals surface area contributed by atoms with Crippen molar-refractivity contribution in [3.63, 3.8) is 0 Å². The monoisotopic (exact) mass is 439 g/mol. The summed E-state index contributed by atoms with van der Waals surface area (Å²) in [6, 6.07) is 25.2. The first kappa shape index (κ1) is 22.8. The standard InChI is InChI=1S/C29H33N3O/c1-4-21(2)24-15-13-23(14-16-24)20-32-27-12-8-7-11-26(27)31-28(32)17-18-30-29(33)19-25-10-6-5-9-22(25)3/h5-16,21H,4,17-20H2,1-3H3,(H,30,33). The smallest absolute Gasteiger partial charge is 0.224 e. The van der Waals surface area contributed by atoms with Crippen LogP contribution in [0.3, 0.4) is 0 Å². The summed E-state index contributed by atoms with van der Waals surface area (Å²) in [7, 11) is 0. The number of amides is 1. The van der Waals surface area contributed by atoms with Gasteiger partial charge in [-0.1, -0.05) is 74.5 Å². The van der Waals surface area contributed by atoms with E-state index in [1.807, 2.05) is 37.3 Å². The summed E-state index contributed by atoms with van der Waals surface area (Å²) in [4.78, 5) is 17.4. The summed E-state index contributed by atoms with van der Waals surface area (Å²) in [6.45, 7) is 7.88. The molecular formula is C29H33N3O. The molecule has 0 aliphatic heterocycles. The number of imidazole rings is 1. The molecule has 4 nitrogen and oxygen atoms in total. The van der Waals surface area contributed by atoms with Gasteiger partial charge in [0.05, 0.1) is 17.5 Å². The van der Waals surface area contributed by atoms with Gasteiger partial charge < -0.3 is 9.88 Å². The van der Waals surface area contributed by atoms with Crippen molar-refractivity contribution in [3.8, 4) is 0 Å². The van der Waals surface area contributed by atoms with Crippen molar-refractivity contribution < 1.29 is 4.79 Å². The molecule has 1 N–H and O–H groups in total. The Morgan fingerprint density at radius 3 is 2.48 bits per heavy atom. The maximum atomic E-state index is 12.5. The summed E-state index contributed by atoms with van der Waals surface area (Å²) >= 11 is 0. The number of carbonyl (C=O) groups excluding carboxylic acids is 1.